The van der Waals surface area contributed by atoms with Crippen molar-refractivity contribution in [1.82, 2.24) is 4.98 Å². The lowest BCUT2D eigenvalue weighted by molar-refractivity contribution is 0.628. The smallest absolute Gasteiger partial charge is 0.125 e. The topological polar surface area (TPSA) is 38.9 Å². The van der Waals surface area contributed by atoms with E-state index in [4.69, 9.17) is 5.73 Å². The van der Waals surface area contributed by atoms with Gasteiger partial charge in [0.25, 0.3) is 0 Å². The van der Waals surface area contributed by atoms with Gasteiger partial charge >= 0.3 is 0 Å². The number of nitrogens with zero attached hydrogens (tertiary/aromatic N) is 1. The number of benzene rings is 2. The van der Waals surface area contributed by atoms with Crippen molar-refractivity contribution in [1.29, 1.82) is 0 Å². The molecule has 3 rings (SSSR count). The van der Waals surface area contributed by atoms with Crippen LogP contribution in [0.4, 0.5) is 4.39 Å². The van der Waals surface area contributed by atoms with Gasteiger partial charge in [-0.05, 0) is 23.8 Å². The van der Waals surface area contributed by atoms with Crippen molar-refractivity contribution in [2.24, 2.45) is 5.73 Å². The van der Waals surface area contributed by atoms with E-state index in [9.17, 15) is 4.39 Å². The van der Waals surface area contributed by atoms with Gasteiger partial charge in [0.1, 0.15) is 10.8 Å². The minimum absolute atomic E-state index is 0.266. The van der Waals surface area contributed by atoms with E-state index in [1.807, 2.05) is 29.6 Å². The maximum Gasteiger partial charge on any atom is 0.125 e. The van der Waals surface area contributed by atoms with Crippen molar-refractivity contribution in [3.8, 4) is 21.8 Å². The van der Waals surface area contributed by atoms with Crippen molar-refractivity contribution in [2.75, 3.05) is 0 Å². The summed E-state index contributed by atoms with van der Waals surface area (Å²) in [5, 5.41) is 2.77. The van der Waals surface area contributed by atoms with Crippen LogP contribution in [0.15, 0.2) is 52.3 Å². The molecule has 2 nitrogen and oxygen atoms in total. The van der Waals surface area contributed by atoms with Crippen LogP contribution in [-0.4, -0.2) is 4.98 Å². The Morgan fingerprint density at radius 2 is 1.90 bits per heavy atom. The standard InChI is InChI=1S/C16H12BrFN2S/c17-14-6-5-12(18)7-13(14)16-20-15(9-21-16)11-3-1-10(8-19)2-4-11/h1-7,9H,8,19H2. The van der Waals surface area contributed by atoms with E-state index in [0.29, 0.717) is 6.54 Å². The Morgan fingerprint density at radius 1 is 1.14 bits per heavy atom. The summed E-state index contributed by atoms with van der Waals surface area (Å²) in [5.41, 5.74) is 9.36. The fraction of sp³-hybridized carbons (Fsp3) is 0.0625. The predicted octanol–water partition coefficient (Wildman–Crippen LogP) is 4.84. The van der Waals surface area contributed by atoms with Crippen LogP contribution in [0.3, 0.4) is 0 Å². The molecule has 1 aromatic heterocycles. The number of hydrogen-bond acceptors (Lipinski definition) is 3. The molecule has 21 heavy (non-hydrogen) atoms. The maximum absolute atomic E-state index is 13.4. The van der Waals surface area contributed by atoms with Gasteiger partial charge in [-0.15, -0.1) is 11.3 Å². The average molecular weight is 363 g/mol. The summed E-state index contributed by atoms with van der Waals surface area (Å²) in [7, 11) is 0. The van der Waals surface area contributed by atoms with E-state index in [1.165, 1.54) is 23.5 Å². The molecule has 0 radical (unpaired) electrons. The summed E-state index contributed by atoms with van der Waals surface area (Å²) in [6, 6.07) is 12.6. The van der Waals surface area contributed by atoms with Crippen LogP contribution in [0.25, 0.3) is 21.8 Å². The normalized spacial score (nSPS) is 10.8. The third kappa shape index (κ3) is 3.05. The molecule has 3 aromatic rings. The van der Waals surface area contributed by atoms with Crippen LogP contribution in [0, 0.1) is 5.82 Å². The van der Waals surface area contributed by atoms with E-state index >= 15 is 0 Å². The molecule has 0 spiro atoms. The van der Waals surface area contributed by atoms with Gasteiger partial charge in [0.05, 0.1) is 5.69 Å². The molecule has 1 heterocycles. The first-order valence-electron chi connectivity index (χ1n) is 6.37. The highest BCUT2D eigenvalue weighted by Crippen LogP contribution is 2.33. The van der Waals surface area contributed by atoms with Crippen LogP contribution < -0.4 is 5.73 Å². The summed E-state index contributed by atoms with van der Waals surface area (Å²) in [6.07, 6.45) is 0. The van der Waals surface area contributed by atoms with E-state index in [0.717, 1.165) is 31.9 Å². The summed E-state index contributed by atoms with van der Waals surface area (Å²) in [6.45, 7) is 0.527. The van der Waals surface area contributed by atoms with Crippen LogP contribution >= 0.6 is 27.3 Å². The van der Waals surface area contributed by atoms with Gasteiger partial charge in [-0.3, -0.25) is 0 Å². The highest BCUT2D eigenvalue weighted by atomic mass is 79.9. The molecule has 0 amide bonds. The number of rotatable bonds is 3. The molecular weight excluding hydrogens is 351 g/mol. The molecule has 0 aliphatic heterocycles. The molecule has 0 saturated heterocycles. The van der Waals surface area contributed by atoms with Gasteiger partial charge in [0.2, 0.25) is 0 Å². The molecule has 0 saturated carbocycles. The molecule has 2 N–H and O–H groups in total. The monoisotopic (exact) mass is 362 g/mol. The van der Waals surface area contributed by atoms with Gasteiger partial charge in [-0.1, -0.05) is 40.2 Å². The van der Waals surface area contributed by atoms with E-state index in [-0.39, 0.29) is 5.82 Å². The zero-order valence-electron chi connectivity index (χ0n) is 11.0. The Kier molecular flexibility index (Phi) is 4.14. The SMILES string of the molecule is NCc1ccc(-c2csc(-c3cc(F)ccc3Br)n2)cc1. The minimum atomic E-state index is -0.266. The number of aromatic nitrogens is 1. The van der Waals surface area contributed by atoms with Crippen LogP contribution in [-0.2, 0) is 6.54 Å². The number of halogens is 2. The Morgan fingerprint density at radius 3 is 2.62 bits per heavy atom. The molecule has 0 atom stereocenters. The van der Waals surface area contributed by atoms with Gasteiger partial charge in [-0.25, -0.2) is 9.37 Å². The average Bonchev–Trinajstić information content (AvgIpc) is 2.99. The maximum atomic E-state index is 13.4. The second kappa shape index (κ2) is 6.05. The first kappa shape index (κ1) is 14.4. The van der Waals surface area contributed by atoms with Crippen LogP contribution in [0.1, 0.15) is 5.56 Å². The van der Waals surface area contributed by atoms with Crippen LogP contribution in [0.2, 0.25) is 0 Å². The number of nitrogens with two attached hydrogens (primary N) is 1. The molecule has 106 valence electrons. The lowest BCUT2D eigenvalue weighted by Gasteiger charge is -2.01. The van der Waals surface area contributed by atoms with Gasteiger partial charge < -0.3 is 5.73 Å². The molecule has 0 bridgehead atoms. The van der Waals surface area contributed by atoms with Crippen molar-refractivity contribution in [2.45, 2.75) is 6.54 Å². The Labute approximate surface area is 134 Å². The van der Waals surface area contributed by atoms with Crippen molar-refractivity contribution in [3.63, 3.8) is 0 Å². The molecule has 5 heteroatoms. The fourth-order valence-electron chi connectivity index (χ4n) is 2.00. The zero-order chi connectivity index (χ0) is 14.8. The van der Waals surface area contributed by atoms with Gasteiger partial charge in [0.15, 0.2) is 0 Å². The first-order valence-corrected chi connectivity index (χ1v) is 8.05. The number of hydrogen-bond donors (Lipinski definition) is 1. The second-order valence-corrected chi connectivity index (χ2v) is 6.28. The quantitative estimate of drug-likeness (QED) is 0.723. The fourth-order valence-corrected chi connectivity index (χ4v) is 3.43. The number of thiazole rings is 1. The molecule has 2 aromatic carbocycles. The minimum Gasteiger partial charge on any atom is -0.326 e. The van der Waals surface area contributed by atoms with E-state index in [2.05, 4.69) is 20.9 Å². The van der Waals surface area contributed by atoms with Gasteiger partial charge in [0, 0.05) is 27.5 Å². The Hall–Kier alpha value is -1.56. The Balaban J connectivity index is 1.97. The molecule has 0 unspecified atom stereocenters. The highest BCUT2D eigenvalue weighted by Gasteiger charge is 2.10. The van der Waals surface area contributed by atoms with Crippen LogP contribution in [0.5, 0.6) is 0 Å². The summed E-state index contributed by atoms with van der Waals surface area (Å²) in [5.74, 6) is -0.266. The van der Waals surface area contributed by atoms with Crippen molar-refractivity contribution < 1.29 is 4.39 Å². The zero-order valence-corrected chi connectivity index (χ0v) is 13.4. The summed E-state index contributed by atoms with van der Waals surface area (Å²) in [4.78, 5) is 4.60. The lowest BCUT2D eigenvalue weighted by atomic mass is 10.1. The highest BCUT2D eigenvalue weighted by molar-refractivity contribution is 9.10. The van der Waals surface area contributed by atoms with Crippen molar-refractivity contribution in [3.05, 3.63) is 63.7 Å². The van der Waals surface area contributed by atoms with Gasteiger partial charge in [-0.2, -0.15) is 0 Å². The summed E-state index contributed by atoms with van der Waals surface area (Å²) < 4.78 is 14.2. The summed E-state index contributed by atoms with van der Waals surface area (Å²) >= 11 is 4.94. The third-order valence-corrected chi connectivity index (χ3v) is 4.72. The lowest BCUT2D eigenvalue weighted by Crippen LogP contribution is -1.95. The van der Waals surface area contributed by atoms with Crippen molar-refractivity contribution >= 4 is 27.3 Å². The third-order valence-electron chi connectivity index (χ3n) is 3.15. The predicted molar refractivity (Wildman–Crippen MR) is 88.5 cm³/mol. The second-order valence-electron chi connectivity index (χ2n) is 4.56. The molecule has 0 aliphatic carbocycles. The Bertz CT molecular complexity index is 768. The first-order chi connectivity index (χ1) is 10.2. The molecule has 0 aliphatic rings. The molecule has 0 fully saturated rings. The largest absolute Gasteiger partial charge is 0.326 e. The van der Waals surface area contributed by atoms with E-state index < -0.39 is 0 Å². The van der Waals surface area contributed by atoms with E-state index in [1.54, 1.807) is 6.07 Å². The molecular formula is C16H12BrFN2S.